The maximum atomic E-state index is 13.0. The van der Waals surface area contributed by atoms with Gasteiger partial charge in [0.1, 0.15) is 12.4 Å². The van der Waals surface area contributed by atoms with Crippen LogP contribution in [0.25, 0.3) is 0 Å². The molecule has 2 fully saturated rings. The second kappa shape index (κ2) is 7.69. The summed E-state index contributed by atoms with van der Waals surface area (Å²) in [7, 11) is 1.94. The number of amides is 1. The van der Waals surface area contributed by atoms with Crippen molar-refractivity contribution < 1.29 is 9.53 Å². The van der Waals surface area contributed by atoms with Gasteiger partial charge in [-0.05, 0) is 62.4 Å². The lowest BCUT2D eigenvalue weighted by atomic mass is 9.97. The van der Waals surface area contributed by atoms with E-state index in [0.717, 1.165) is 35.4 Å². The van der Waals surface area contributed by atoms with Crippen LogP contribution in [0.2, 0.25) is 0 Å². The fraction of sp³-hybridized carbons (Fsp3) is 0.455. The summed E-state index contributed by atoms with van der Waals surface area (Å²) in [5, 5.41) is 3.64. The molecule has 1 N–H and O–H groups in total. The van der Waals surface area contributed by atoms with Crippen LogP contribution < -0.4 is 10.1 Å². The molecule has 2 atom stereocenters. The van der Waals surface area contributed by atoms with Gasteiger partial charge in [0.2, 0.25) is 0 Å². The van der Waals surface area contributed by atoms with Crippen LogP contribution >= 0.6 is 0 Å². The van der Waals surface area contributed by atoms with Crippen molar-refractivity contribution >= 4 is 5.91 Å². The summed E-state index contributed by atoms with van der Waals surface area (Å²) in [4.78, 5) is 19.2. The van der Waals surface area contributed by atoms with Gasteiger partial charge in [-0.2, -0.15) is 0 Å². The Labute approximate surface area is 160 Å². The summed E-state index contributed by atoms with van der Waals surface area (Å²) in [6.07, 6.45) is 6.32. The van der Waals surface area contributed by atoms with Gasteiger partial charge in [-0.3, -0.25) is 9.78 Å². The van der Waals surface area contributed by atoms with E-state index in [2.05, 4.69) is 10.3 Å². The first-order valence-corrected chi connectivity index (χ1v) is 9.76. The molecule has 2 aliphatic rings. The Morgan fingerprint density at radius 2 is 2.00 bits per heavy atom. The second-order valence-corrected chi connectivity index (χ2v) is 7.80. The summed E-state index contributed by atoms with van der Waals surface area (Å²) in [5.41, 5.74) is 2.68. The summed E-state index contributed by atoms with van der Waals surface area (Å²) in [5.74, 6) is 0.833. The minimum absolute atomic E-state index is 0.0974. The van der Waals surface area contributed by atoms with Gasteiger partial charge in [0.25, 0.3) is 5.91 Å². The molecule has 1 aromatic heterocycles. The Morgan fingerprint density at radius 3 is 2.70 bits per heavy atom. The van der Waals surface area contributed by atoms with Crippen LogP contribution in [0.15, 0.2) is 42.6 Å². The predicted octanol–water partition coefficient (Wildman–Crippen LogP) is 3.32. The molecule has 0 saturated carbocycles. The zero-order chi connectivity index (χ0) is 18.8. The topological polar surface area (TPSA) is 54.5 Å². The number of fused-ring (bicyclic) bond motifs is 2. The fourth-order valence-electron chi connectivity index (χ4n) is 4.21. The third-order valence-electron chi connectivity index (χ3n) is 5.78. The number of aromatic nitrogens is 1. The minimum Gasteiger partial charge on any atom is -0.487 e. The van der Waals surface area contributed by atoms with Gasteiger partial charge in [-0.15, -0.1) is 0 Å². The van der Waals surface area contributed by atoms with Gasteiger partial charge in [0.15, 0.2) is 0 Å². The Kier molecular flexibility index (Phi) is 5.12. The van der Waals surface area contributed by atoms with Crippen LogP contribution in [0.5, 0.6) is 5.75 Å². The van der Waals surface area contributed by atoms with E-state index >= 15 is 0 Å². The Hall–Kier alpha value is -2.40. The number of pyridine rings is 1. The van der Waals surface area contributed by atoms with Crippen LogP contribution in [-0.4, -0.2) is 41.0 Å². The molecule has 5 nitrogen and oxygen atoms in total. The molecular formula is C22H27N3O2. The van der Waals surface area contributed by atoms with Gasteiger partial charge in [0.05, 0.1) is 6.20 Å². The smallest absolute Gasteiger partial charge is 0.253 e. The number of aryl methyl sites for hydroxylation is 1. The molecule has 4 rings (SSSR count). The van der Waals surface area contributed by atoms with Crippen molar-refractivity contribution in [2.45, 2.75) is 57.3 Å². The van der Waals surface area contributed by atoms with Crippen LogP contribution in [0, 0.1) is 6.92 Å². The predicted molar refractivity (Wildman–Crippen MR) is 105 cm³/mol. The van der Waals surface area contributed by atoms with Gasteiger partial charge in [0, 0.05) is 36.4 Å². The molecule has 0 aliphatic carbocycles. The molecule has 142 valence electrons. The molecule has 2 saturated heterocycles. The largest absolute Gasteiger partial charge is 0.487 e. The number of nitrogens with zero attached hydrogens (tertiary/aromatic N) is 2. The van der Waals surface area contributed by atoms with Gasteiger partial charge >= 0.3 is 0 Å². The van der Waals surface area contributed by atoms with E-state index in [9.17, 15) is 4.79 Å². The highest BCUT2D eigenvalue weighted by Gasteiger charge is 2.36. The number of hydrogen-bond acceptors (Lipinski definition) is 4. The molecule has 2 aliphatic heterocycles. The number of benzene rings is 1. The zero-order valence-electron chi connectivity index (χ0n) is 16.0. The average Bonchev–Trinajstić information content (AvgIpc) is 3.04. The molecular weight excluding hydrogens is 338 g/mol. The van der Waals surface area contributed by atoms with Crippen LogP contribution in [0.3, 0.4) is 0 Å². The first-order valence-electron chi connectivity index (χ1n) is 9.76. The molecule has 2 bridgehead atoms. The summed E-state index contributed by atoms with van der Waals surface area (Å²) in [6.45, 7) is 2.37. The van der Waals surface area contributed by atoms with Crippen molar-refractivity contribution in [1.82, 2.24) is 15.2 Å². The maximum absolute atomic E-state index is 13.0. The lowest BCUT2D eigenvalue weighted by Gasteiger charge is -2.35. The molecule has 27 heavy (non-hydrogen) atoms. The van der Waals surface area contributed by atoms with E-state index in [1.54, 1.807) is 6.20 Å². The van der Waals surface area contributed by atoms with Crippen molar-refractivity contribution in [2.24, 2.45) is 0 Å². The van der Waals surface area contributed by atoms with E-state index in [0.29, 0.717) is 24.7 Å². The van der Waals surface area contributed by atoms with E-state index in [1.165, 1.54) is 12.8 Å². The van der Waals surface area contributed by atoms with E-state index in [-0.39, 0.29) is 5.91 Å². The lowest BCUT2D eigenvalue weighted by molar-refractivity contribution is 0.0681. The third-order valence-corrected chi connectivity index (χ3v) is 5.78. The summed E-state index contributed by atoms with van der Waals surface area (Å²) < 4.78 is 5.80. The maximum Gasteiger partial charge on any atom is 0.253 e. The van der Waals surface area contributed by atoms with Crippen molar-refractivity contribution in [3.8, 4) is 5.75 Å². The molecule has 3 heterocycles. The molecule has 2 unspecified atom stereocenters. The number of piperidine rings is 1. The normalized spacial score (nSPS) is 23.9. The number of carbonyl (C=O) groups is 1. The number of hydrogen-bond donors (Lipinski definition) is 1. The van der Waals surface area contributed by atoms with Gasteiger partial charge in [-0.1, -0.05) is 12.1 Å². The highest BCUT2D eigenvalue weighted by Crippen LogP contribution is 2.30. The highest BCUT2D eigenvalue weighted by atomic mass is 16.5. The van der Waals surface area contributed by atoms with Crippen LogP contribution in [-0.2, 0) is 6.61 Å². The SMILES string of the molecule is Cc1ccc(OCc2cccc(C(=O)N(C)C3CC4CCC(C3)N4)c2)cn1. The van der Waals surface area contributed by atoms with E-state index < -0.39 is 0 Å². The molecule has 0 radical (unpaired) electrons. The Bertz CT molecular complexity index is 793. The average molecular weight is 365 g/mol. The van der Waals surface area contributed by atoms with Crippen LogP contribution in [0.4, 0.5) is 0 Å². The van der Waals surface area contributed by atoms with Crippen LogP contribution in [0.1, 0.15) is 47.3 Å². The third kappa shape index (κ3) is 4.14. The summed E-state index contributed by atoms with van der Waals surface area (Å²) >= 11 is 0. The van der Waals surface area contributed by atoms with Crippen molar-refractivity contribution in [3.63, 3.8) is 0 Å². The van der Waals surface area contributed by atoms with Gasteiger partial charge < -0.3 is 15.0 Å². The first kappa shape index (κ1) is 18.0. The molecule has 1 aromatic carbocycles. The van der Waals surface area contributed by atoms with Gasteiger partial charge in [-0.25, -0.2) is 0 Å². The standard InChI is InChI=1S/C22H27N3O2/c1-15-6-9-21(13-23-15)27-14-16-4-3-5-17(10-16)22(26)25(2)20-11-18-7-8-19(12-20)24-18/h3-6,9-10,13,18-20,24H,7-8,11-12,14H2,1-2H3. The Morgan fingerprint density at radius 1 is 1.22 bits per heavy atom. The first-order chi connectivity index (χ1) is 13.1. The number of carbonyl (C=O) groups excluding carboxylic acids is 1. The van der Waals surface area contributed by atoms with Crippen molar-refractivity contribution in [2.75, 3.05) is 7.05 Å². The number of ether oxygens (including phenoxy) is 1. The van der Waals surface area contributed by atoms with Crippen molar-refractivity contribution in [3.05, 3.63) is 59.4 Å². The molecule has 0 spiro atoms. The molecule has 2 aromatic rings. The second-order valence-electron chi connectivity index (χ2n) is 7.80. The molecule has 5 heteroatoms. The van der Waals surface area contributed by atoms with E-state index in [4.69, 9.17) is 4.74 Å². The number of rotatable bonds is 5. The quantitative estimate of drug-likeness (QED) is 0.883. The van der Waals surface area contributed by atoms with Crippen molar-refractivity contribution in [1.29, 1.82) is 0 Å². The highest BCUT2D eigenvalue weighted by molar-refractivity contribution is 5.94. The Balaban J connectivity index is 1.40. The zero-order valence-corrected chi connectivity index (χ0v) is 16.0. The minimum atomic E-state index is 0.0974. The molecule has 1 amide bonds. The lowest BCUT2D eigenvalue weighted by Crippen LogP contribution is -2.48. The van der Waals surface area contributed by atoms with E-state index in [1.807, 2.05) is 55.3 Å². The summed E-state index contributed by atoms with van der Waals surface area (Å²) in [6, 6.07) is 13.1. The monoisotopic (exact) mass is 365 g/mol. The number of nitrogens with one attached hydrogen (secondary N) is 1. The fourth-order valence-corrected chi connectivity index (χ4v) is 4.21.